The third-order valence-electron chi connectivity index (χ3n) is 5.81. The quantitative estimate of drug-likeness (QED) is 0.0233. The number of nitrogens with zero attached hydrogens (tertiary/aromatic N) is 7. The monoisotopic (exact) mass is 705 g/mol. The second-order valence-electron chi connectivity index (χ2n) is 9.75. The van der Waals surface area contributed by atoms with Crippen molar-refractivity contribution in [2.24, 2.45) is 10.2 Å². The van der Waals surface area contributed by atoms with E-state index in [2.05, 4.69) is 42.2 Å². The van der Waals surface area contributed by atoms with E-state index in [-0.39, 0.29) is 19.2 Å². The number of carbonyl (C=O) groups is 2. The lowest BCUT2D eigenvalue weighted by molar-refractivity contribution is -0.138. The molecule has 0 unspecified atom stereocenters. The fraction of sp³-hybridized carbons (Fsp3) is 0.862. The Bertz CT molecular complexity index is 884. The van der Waals surface area contributed by atoms with Gasteiger partial charge in [0.05, 0.1) is 112 Å². The Labute approximate surface area is 288 Å². The lowest BCUT2D eigenvalue weighted by atomic mass is 10.4. The Kier molecular flexibility index (Phi) is 35.1. The van der Waals surface area contributed by atoms with E-state index in [1.165, 1.54) is 0 Å². The van der Waals surface area contributed by atoms with Gasteiger partial charge >= 0.3 is 12.0 Å². The van der Waals surface area contributed by atoms with E-state index in [1.54, 1.807) is 6.92 Å². The van der Waals surface area contributed by atoms with Crippen LogP contribution in [0.3, 0.4) is 0 Å². The molecule has 0 atom stereocenters. The maximum atomic E-state index is 11.7. The van der Waals surface area contributed by atoms with Crippen molar-refractivity contribution >= 4 is 12.0 Å². The smallest absolute Gasteiger partial charge is 0.333 e. The second kappa shape index (κ2) is 37.6. The first-order valence-corrected chi connectivity index (χ1v) is 16.2. The summed E-state index contributed by atoms with van der Waals surface area (Å²) in [5, 5.41) is 12.0. The third-order valence-corrected chi connectivity index (χ3v) is 5.81. The van der Waals surface area contributed by atoms with E-state index < -0.39 is 5.97 Å². The Morgan fingerprint density at radius 3 is 1.31 bits per heavy atom. The van der Waals surface area contributed by atoms with Crippen LogP contribution in [0.5, 0.6) is 0 Å². The largest absolute Gasteiger partial charge is 0.460 e. The standard InChI is InChI=1S/C29H55N9O11/c1-27(2)28(39)49-13-4-33-29(40)32-3-10-41-17-20-44-14-7-38(8-15-45-21-25-47-23-18-42-11-5-34-36-30)9-16-46-22-26-48-24-19-43-12-6-35-37-31/h1,3-26H2,2H3,(H2,32,33,40). The Morgan fingerprint density at radius 1 is 0.571 bits per heavy atom. The van der Waals surface area contributed by atoms with E-state index in [0.29, 0.717) is 151 Å². The molecule has 0 aliphatic rings. The number of hydrogen-bond acceptors (Lipinski definition) is 14. The minimum atomic E-state index is -0.496. The first-order valence-electron chi connectivity index (χ1n) is 16.2. The zero-order chi connectivity index (χ0) is 35.9. The summed E-state index contributed by atoms with van der Waals surface area (Å²) in [5.41, 5.74) is 16.7. The number of amides is 2. The predicted octanol–water partition coefficient (Wildman–Crippen LogP) is 1.46. The Hall–Kier alpha value is -3.26. The highest BCUT2D eigenvalue weighted by molar-refractivity contribution is 5.86. The molecule has 0 saturated carbocycles. The molecule has 0 spiro atoms. The van der Waals surface area contributed by atoms with Crippen LogP contribution < -0.4 is 10.6 Å². The summed E-state index contributed by atoms with van der Waals surface area (Å²) < 4.78 is 49.0. The normalized spacial score (nSPS) is 10.7. The average Bonchev–Trinajstić information content (AvgIpc) is 3.09. The molecule has 282 valence electrons. The fourth-order valence-electron chi connectivity index (χ4n) is 3.35. The van der Waals surface area contributed by atoms with E-state index in [1.807, 2.05) is 0 Å². The highest BCUT2D eigenvalue weighted by atomic mass is 16.6. The highest BCUT2D eigenvalue weighted by Crippen LogP contribution is 1.93. The molecule has 0 aromatic heterocycles. The van der Waals surface area contributed by atoms with Crippen LogP contribution in [0.15, 0.2) is 22.4 Å². The van der Waals surface area contributed by atoms with E-state index in [4.69, 9.17) is 53.7 Å². The van der Waals surface area contributed by atoms with Gasteiger partial charge in [-0.05, 0) is 18.0 Å². The van der Waals surface area contributed by atoms with E-state index in [0.717, 1.165) is 0 Å². The molecule has 0 radical (unpaired) electrons. The lowest BCUT2D eigenvalue weighted by Crippen LogP contribution is -2.39. The molecular weight excluding hydrogens is 650 g/mol. The van der Waals surface area contributed by atoms with E-state index in [9.17, 15) is 9.59 Å². The number of ether oxygens (including phenoxy) is 9. The fourth-order valence-corrected chi connectivity index (χ4v) is 3.35. The zero-order valence-electron chi connectivity index (χ0n) is 28.8. The molecule has 0 aliphatic heterocycles. The van der Waals surface area contributed by atoms with Crippen LogP contribution >= 0.6 is 0 Å². The summed E-state index contributed by atoms with van der Waals surface area (Å²) in [4.78, 5) is 30.5. The number of urea groups is 1. The van der Waals surface area contributed by atoms with Crippen LogP contribution in [-0.2, 0) is 47.4 Å². The van der Waals surface area contributed by atoms with Gasteiger partial charge in [0, 0.05) is 54.7 Å². The molecular formula is C29H55N9O11. The van der Waals surface area contributed by atoms with Crippen molar-refractivity contribution in [3.63, 3.8) is 0 Å². The molecule has 49 heavy (non-hydrogen) atoms. The van der Waals surface area contributed by atoms with Crippen molar-refractivity contribution < 1.29 is 52.2 Å². The minimum absolute atomic E-state index is 0.0640. The van der Waals surface area contributed by atoms with Gasteiger partial charge in [0.15, 0.2) is 0 Å². The van der Waals surface area contributed by atoms with Crippen LogP contribution in [-0.4, -0.2) is 175 Å². The number of esters is 1. The average molecular weight is 706 g/mol. The SMILES string of the molecule is C=C(C)C(=O)OCCNC(=O)NCCOCCOCCN(CCOCCOCCOCCN=[N+]=[N-])CCOCCOCCOCCN=[N+]=[N-]. The molecule has 2 amide bonds. The number of nitrogens with one attached hydrogen (secondary N) is 2. The molecule has 20 nitrogen and oxygen atoms in total. The van der Waals surface area contributed by atoms with Crippen molar-refractivity contribution in [1.82, 2.24) is 15.5 Å². The van der Waals surface area contributed by atoms with Gasteiger partial charge in [-0.1, -0.05) is 16.8 Å². The van der Waals surface area contributed by atoms with Crippen molar-refractivity contribution in [1.29, 1.82) is 0 Å². The van der Waals surface area contributed by atoms with Gasteiger partial charge in [-0.15, -0.1) is 0 Å². The summed E-state index contributed by atoms with van der Waals surface area (Å²) in [6.45, 7) is 15.1. The van der Waals surface area contributed by atoms with Crippen molar-refractivity contribution in [2.75, 3.05) is 158 Å². The van der Waals surface area contributed by atoms with Crippen molar-refractivity contribution in [3.8, 4) is 0 Å². The summed E-state index contributed by atoms with van der Waals surface area (Å²) >= 11 is 0. The molecule has 0 saturated heterocycles. The highest BCUT2D eigenvalue weighted by Gasteiger charge is 2.07. The molecule has 0 fully saturated rings. The first kappa shape index (κ1) is 45.7. The van der Waals surface area contributed by atoms with Crippen molar-refractivity contribution in [3.05, 3.63) is 33.0 Å². The van der Waals surface area contributed by atoms with Gasteiger partial charge in [0.25, 0.3) is 0 Å². The van der Waals surface area contributed by atoms with Crippen LogP contribution in [0, 0.1) is 0 Å². The van der Waals surface area contributed by atoms with Crippen LogP contribution in [0.2, 0.25) is 0 Å². The van der Waals surface area contributed by atoms with Crippen LogP contribution in [0.4, 0.5) is 4.79 Å². The molecule has 0 aromatic carbocycles. The second-order valence-corrected chi connectivity index (χ2v) is 9.75. The van der Waals surface area contributed by atoms with Crippen molar-refractivity contribution in [2.45, 2.75) is 6.92 Å². The molecule has 2 N–H and O–H groups in total. The van der Waals surface area contributed by atoms with Gasteiger partial charge in [0.2, 0.25) is 0 Å². The summed E-state index contributed by atoms with van der Waals surface area (Å²) in [7, 11) is 0. The van der Waals surface area contributed by atoms with Crippen LogP contribution in [0.1, 0.15) is 6.92 Å². The molecule has 20 heteroatoms. The van der Waals surface area contributed by atoms with Gasteiger partial charge in [-0.2, -0.15) is 0 Å². The third kappa shape index (κ3) is 35.9. The topological polar surface area (TPSA) is 242 Å². The minimum Gasteiger partial charge on any atom is -0.460 e. The van der Waals surface area contributed by atoms with Gasteiger partial charge in [-0.3, -0.25) is 4.90 Å². The predicted molar refractivity (Wildman–Crippen MR) is 178 cm³/mol. The number of hydrogen-bond donors (Lipinski definition) is 2. The Morgan fingerprint density at radius 2 is 0.918 bits per heavy atom. The molecule has 0 heterocycles. The maximum Gasteiger partial charge on any atom is 0.333 e. The number of carbonyl (C=O) groups excluding carboxylic acids is 2. The molecule has 0 rings (SSSR count). The summed E-state index contributed by atoms with van der Waals surface area (Å²) in [6.07, 6.45) is 0. The van der Waals surface area contributed by atoms with Gasteiger partial charge < -0.3 is 53.3 Å². The first-order chi connectivity index (χ1) is 24.0. The van der Waals surface area contributed by atoms with Gasteiger partial charge in [0.1, 0.15) is 6.61 Å². The molecule has 0 aromatic rings. The summed E-state index contributed by atoms with van der Waals surface area (Å²) in [5.74, 6) is -0.496. The zero-order valence-corrected chi connectivity index (χ0v) is 28.8. The lowest BCUT2D eigenvalue weighted by Gasteiger charge is -2.22. The van der Waals surface area contributed by atoms with E-state index >= 15 is 0 Å². The summed E-state index contributed by atoms with van der Waals surface area (Å²) in [6, 6.07) is -0.380. The molecule has 0 bridgehead atoms. The maximum absolute atomic E-state index is 11.7. The Balaban J connectivity index is 4.04. The van der Waals surface area contributed by atoms with Crippen LogP contribution in [0.25, 0.3) is 20.9 Å². The molecule has 0 aliphatic carbocycles. The number of azide groups is 2. The number of rotatable bonds is 37. The van der Waals surface area contributed by atoms with Gasteiger partial charge in [-0.25, -0.2) is 9.59 Å².